The number of halogens is 3. The molecule has 2 rings (SSSR count). The fourth-order valence-corrected chi connectivity index (χ4v) is 2.09. The number of carbonyl (C=O) groups is 1. The molecule has 0 spiro atoms. The lowest BCUT2D eigenvalue weighted by Gasteiger charge is -2.12. The standard InChI is InChI=1S/C13H13Cl3N4O/c1-13(2,3)12-18-10(19-20-12)11(21)17-9-5-7(15)6(14)4-8(9)16/h4-5H,1-3H3,(H,17,21)(H,18,19,20). The summed E-state index contributed by atoms with van der Waals surface area (Å²) in [5.74, 6) is 0.164. The maximum atomic E-state index is 12.1. The van der Waals surface area contributed by atoms with Crippen molar-refractivity contribution < 1.29 is 4.79 Å². The van der Waals surface area contributed by atoms with Gasteiger partial charge < -0.3 is 5.32 Å². The lowest BCUT2D eigenvalue weighted by Crippen LogP contribution is -2.16. The zero-order valence-corrected chi connectivity index (χ0v) is 13.9. The van der Waals surface area contributed by atoms with E-state index in [1.54, 1.807) is 0 Å². The van der Waals surface area contributed by atoms with E-state index in [1.165, 1.54) is 12.1 Å². The number of nitrogens with one attached hydrogen (secondary N) is 2. The molecule has 0 atom stereocenters. The van der Waals surface area contributed by atoms with E-state index in [-0.39, 0.29) is 16.3 Å². The number of aromatic amines is 1. The van der Waals surface area contributed by atoms with Crippen LogP contribution in [0.25, 0.3) is 0 Å². The van der Waals surface area contributed by atoms with Gasteiger partial charge in [0.1, 0.15) is 5.82 Å². The Labute approximate surface area is 137 Å². The van der Waals surface area contributed by atoms with Crippen LogP contribution in [-0.2, 0) is 5.41 Å². The van der Waals surface area contributed by atoms with Crippen molar-refractivity contribution in [2.75, 3.05) is 5.32 Å². The third-order valence-electron chi connectivity index (χ3n) is 2.66. The second-order valence-electron chi connectivity index (χ2n) is 5.46. The molecule has 2 aromatic rings. The van der Waals surface area contributed by atoms with E-state index in [0.29, 0.717) is 21.6 Å². The van der Waals surface area contributed by atoms with Crippen molar-refractivity contribution in [2.24, 2.45) is 0 Å². The lowest BCUT2D eigenvalue weighted by molar-refractivity contribution is 0.101. The highest BCUT2D eigenvalue weighted by Crippen LogP contribution is 2.32. The monoisotopic (exact) mass is 346 g/mol. The van der Waals surface area contributed by atoms with Gasteiger partial charge in [-0.1, -0.05) is 55.6 Å². The molecule has 1 aromatic heterocycles. The predicted octanol–water partition coefficient (Wildman–Crippen LogP) is 4.31. The first kappa shape index (κ1) is 16.1. The lowest BCUT2D eigenvalue weighted by atomic mass is 9.96. The topological polar surface area (TPSA) is 70.7 Å². The molecule has 0 aliphatic heterocycles. The van der Waals surface area contributed by atoms with E-state index in [4.69, 9.17) is 34.8 Å². The number of hydrogen-bond donors (Lipinski definition) is 2. The molecule has 0 unspecified atom stereocenters. The van der Waals surface area contributed by atoms with Gasteiger partial charge in [0.15, 0.2) is 0 Å². The van der Waals surface area contributed by atoms with Crippen LogP contribution in [0.2, 0.25) is 15.1 Å². The Hall–Kier alpha value is -1.30. The van der Waals surface area contributed by atoms with Gasteiger partial charge in [-0.05, 0) is 12.1 Å². The van der Waals surface area contributed by atoms with Gasteiger partial charge in [-0.2, -0.15) is 0 Å². The minimum absolute atomic E-state index is 0.0297. The number of H-pyrrole nitrogens is 1. The Bertz CT molecular complexity index is 691. The largest absolute Gasteiger partial charge is 0.318 e. The Morgan fingerprint density at radius 3 is 2.33 bits per heavy atom. The van der Waals surface area contributed by atoms with Crippen molar-refractivity contribution in [1.29, 1.82) is 0 Å². The molecule has 1 aromatic carbocycles. The van der Waals surface area contributed by atoms with Gasteiger partial charge in [-0.15, -0.1) is 5.10 Å². The molecule has 2 N–H and O–H groups in total. The molecule has 1 heterocycles. The molecule has 0 bridgehead atoms. The van der Waals surface area contributed by atoms with Crippen LogP contribution in [0.3, 0.4) is 0 Å². The summed E-state index contributed by atoms with van der Waals surface area (Å²) < 4.78 is 0. The van der Waals surface area contributed by atoms with Gasteiger partial charge >= 0.3 is 0 Å². The van der Waals surface area contributed by atoms with E-state index in [0.717, 1.165) is 0 Å². The summed E-state index contributed by atoms with van der Waals surface area (Å²) >= 11 is 17.7. The molecule has 8 heteroatoms. The van der Waals surface area contributed by atoms with Crippen LogP contribution >= 0.6 is 34.8 Å². The first-order valence-corrected chi connectivity index (χ1v) is 7.20. The Kier molecular flexibility index (Phi) is 4.46. The van der Waals surface area contributed by atoms with E-state index >= 15 is 0 Å². The highest BCUT2D eigenvalue weighted by atomic mass is 35.5. The van der Waals surface area contributed by atoms with Crippen LogP contribution < -0.4 is 5.32 Å². The molecular weight excluding hydrogens is 335 g/mol. The quantitative estimate of drug-likeness (QED) is 0.795. The number of aromatic nitrogens is 3. The molecule has 0 aliphatic carbocycles. The number of hydrogen-bond acceptors (Lipinski definition) is 3. The van der Waals surface area contributed by atoms with Gasteiger partial charge in [0, 0.05) is 5.41 Å². The van der Waals surface area contributed by atoms with Crippen LogP contribution in [-0.4, -0.2) is 21.1 Å². The molecule has 0 fully saturated rings. The zero-order chi connectivity index (χ0) is 15.8. The van der Waals surface area contributed by atoms with Crippen LogP contribution in [0.1, 0.15) is 37.2 Å². The first-order chi connectivity index (χ1) is 9.68. The molecule has 112 valence electrons. The Morgan fingerprint density at radius 1 is 1.14 bits per heavy atom. The van der Waals surface area contributed by atoms with Gasteiger partial charge in [0.05, 0.1) is 20.8 Å². The van der Waals surface area contributed by atoms with Crippen LogP contribution in [0.4, 0.5) is 5.69 Å². The molecule has 0 radical (unpaired) electrons. The van der Waals surface area contributed by atoms with E-state index in [9.17, 15) is 4.79 Å². The second-order valence-corrected chi connectivity index (χ2v) is 6.68. The van der Waals surface area contributed by atoms with Crippen LogP contribution in [0.15, 0.2) is 12.1 Å². The van der Waals surface area contributed by atoms with Crippen molar-refractivity contribution in [1.82, 2.24) is 15.2 Å². The van der Waals surface area contributed by atoms with Crippen LogP contribution in [0.5, 0.6) is 0 Å². The van der Waals surface area contributed by atoms with E-state index in [2.05, 4.69) is 20.5 Å². The van der Waals surface area contributed by atoms with Crippen molar-refractivity contribution in [3.8, 4) is 0 Å². The average Bonchev–Trinajstić information content (AvgIpc) is 2.85. The predicted molar refractivity (Wildman–Crippen MR) is 84.5 cm³/mol. The third kappa shape index (κ3) is 3.67. The normalized spacial score (nSPS) is 11.5. The molecule has 0 saturated heterocycles. The number of amides is 1. The average molecular weight is 348 g/mol. The maximum absolute atomic E-state index is 12.1. The molecule has 0 aliphatic rings. The van der Waals surface area contributed by atoms with Crippen LogP contribution in [0, 0.1) is 0 Å². The third-order valence-corrected chi connectivity index (χ3v) is 3.69. The van der Waals surface area contributed by atoms with E-state index < -0.39 is 5.91 Å². The smallest absolute Gasteiger partial charge is 0.295 e. The van der Waals surface area contributed by atoms with E-state index in [1.807, 2.05) is 20.8 Å². The second kappa shape index (κ2) is 5.83. The SMILES string of the molecule is CC(C)(C)c1nc(C(=O)Nc2cc(Cl)c(Cl)cc2Cl)n[nH]1. The molecule has 21 heavy (non-hydrogen) atoms. The molecule has 5 nitrogen and oxygen atoms in total. The summed E-state index contributed by atoms with van der Waals surface area (Å²) in [7, 11) is 0. The summed E-state index contributed by atoms with van der Waals surface area (Å²) in [5, 5.41) is 10.1. The fraction of sp³-hybridized carbons (Fsp3) is 0.308. The summed E-state index contributed by atoms with van der Waals surface area (Å²) in [6, 6.07) is 2.93. The van der Waals surface area contributed by atoms with Crippen molar-refractivity contribution in [3.63, 3.8) is 0 Å². The number of anilines is 1. The summed E-state index contributed by atoms with van der Waals surface area (Å²) in [5.41, 5.74) is 0.116. The number of rotatable bonds is 2. The first-order valence-electron chi connectivity index (χ1n) is 6.07. The van der Waals surface area contributed by atoms with Gasteiger partial charge in [0.25, 0.3) is 5.91 Å². The minimum atomic E-state index is -0.484. The fourth-order valence-electron chi connectivity index (χ4n) is 1.50. The van der Waals surface area contributed by atoms with Gasteiger partial charge in [-0.3, -0.25) is 9.89 Å². The Morgan fingerprint density at radius 2 is 1.76 bits per heavy atom. The Balaban J connectivity index is 2.22. The molecular formula is C13H13Cl3N4O. The summed E-state index contributed by atoms with van der Waals surface area (Å²) in [6.07, 6.45) is 0. The highest BCUT2D eigenvalue weighted by molar-refractivity contribution is 6.44. The van der Waals surface area contributed by atoms with Crippen molar-refractivity contribution in [2.45, 2.75) is 26.2 Å². The van der Waals surface area contributed by atoms with Crippen molar-refractivity contribution in [3.05, 3.63) is 38.8 Å². The minimum Gasteiger partial charge on any atom is -0.318 e. The summed E-state index contributed by atoms with van der Waals surface area (Å²) in [6.45, 7) is 5.89. The highest BCUT2D eigenvalue weighted by Gasteiger charge is 2.21. The molecule has 1 amide bonds. The number of nitrogens with zero attached hydrogens (tertiary/aromatic N) is 2. The van der Waals surface area contributed by atoms with Crippen molar-refractivity contribution >= 4 is 46.4 Å². The number of benzene rings is 1. The maximum Gasteiger partial charge on any atom is 0.295 e. The van der Waals surface area contributed by atoms with Gasteiger partial charge in [0.2, 0.25) is 5.82 Å². The summed E-state index contributed by atoms with van der Waals surface area (Å²) in [4.78, 5) is 16.3. The molecule has 0 saturated carbocycles. The zero-order valence-electron chi connectivity index (χ0n) is 11.6. The number of carbonyl (C=O) groups excluding carboxylic acids is 1. The van der Waals surface area contributed by atoms with Gasteiger partial charge in [-0.25, -0.2) is 4.98 Å².